The Morgan fingerprint density at radius 2 is 2.07 bits per heavy atom. The molecular weight excluding hydrogens is 387 g/mol. The lowest BCUT2D eigenvalue weighted by atomic mass is 9.97. The summed E-state index contributed by atoms with van der Waals surface area (Å²) in [5.41, 5.74) is 1.19. The summed E-state index contributed by atoms with van der Waals surface area (Å²) < 4.78 is 19.0. The van der Waals surface area contributed by atoms with Crippen LogP contribution in [0.5, 0.6) is 0 Å². The van der Waals surface area contributed by atoms with Gasteiger partial charge in [0.15, 0.2) is 0 Å². The molecule has 3 amide bonds. The van der Waals surface area contributed by atoms with E-state index >= 15 is 0 Å². The third-order valence-electron chi connectivity index (χ3n) is 6.71. The van der Waals surface area contributed by atoms with E-state index in [4.69, 9.17) is 4.74 Å². The number of fused-ring (bicyclic) bond motifs is 1. The van der Waals surface area contributed by atoms with Gasteiger partial charge in [0, 0.05) is 24.8 Å². The average Bonchev–Trinajstić information content (AvgIpc) is 2.83. The average molecular weight is 419 g/mol. The van der Waals surface area contributed by atoms with E-state index in [0.29, 0.717) is 11.7 Å². The molecule has 0 unspecified atom stereocenters. The van der Waals surface area contributed by atoms with Crippen molar-refractivity contribution < 1.29 is 18.7 Å². The number of rotatable bonds is 4. The van der Waals surface area contributed by atoms with Crippen LogP contribution in [-0.2, 0) is 16.1 Å². The van der Waals surface area contributed by atoms with Crippen molar-refractivity contribution in [2.24, 2.45) is 5.92 Å². The lowest BCUT2D eigenvalue weighted by Crippen LogP contribution is -2.57. The van der Waals surface area contributed by atoms with Gasteiger partial charge < -0.3 is 20.3 Å². The van der Waals surface area contributed by atoms with Crippen LogP contribution >= 0.6 is 0 Å². The van der Waals surface area contributed by atoms with E-state index < -0.39 is 11.9 Å². The lowest BCUT2D eigenvalue weighted by Gasteiger charge is -2.42. The minimum atomic E-state index is -0.599. The van der Waals surface area contributed by atoms with Crippen LogP contribution < -0.4 is 10.6 Å². The Hall–Kier alpha value is -2.19. The van der Waals surface area contributed by atoms with Crippen molar-refractivity contribution in [1.29, 1.82) is 0 Å². The number of carbonyl (C=O) groups is 2. The number of hydrogen-bond acceptors (Lipinski definition) is 4. The number of hydrogen-bond donors (Lipinski definition) is 2. The van der Waals surface area contributed by atoms with Crippen LogP contribution in [0.25, 0.3) is 0 Å². The molecule has 0 radical (unpaired) electrons. The number of amides is 3. The van der Waals surface area contributed by atoms with Crippen LogP contribution in [0.2, 0.25) is 0 Å². The van der Waals surface area contributed by atoms with Crippen molar-refractivity contribution in [2.75, 3.05) is 31.6 Å². The summed E-state index contributed by atoms with van der Waals surface area (Å²) in [6, 6.07) is 4.11. The number of ether oxygens (including phenoxy) is 1. The predicted molar refractivity (Wildman–Crippen MR) is 112 cm³/mol. The standard InChI is InChI=1S/C22H31FN4O3/c1-3-14(2)20-21(28)25-19-10-16(23)5-4-15(19)11-27(20)22(29)24-17-6-8-26(9-7-17)18-12-30-13-18/h4-5,10,14,17-18,20H,3,6-9,11-13H2,1-2H3,(H,24,29)(H,25,28)/t14-,20-/m0/s1. The smallest absolute Gasteiger partial charge is 0.318 e. The number of piperidine rings is 1. The number of urea groups is 1. The van der Waals surface area contributed by atoms with E-state index in [9.17, 15) is 14.0 Å². The van der Waals surface area contributed by atoms with Gasteiger partial charge in [0.1, 0.15) is 11.9 Å². The van der Waals surface area contributed by atoms with Gasteiger partial charge in [-0.25, -0.2) is 9.18 Å². The molecular formula is C22H31FN4O3. The van der Waals surface area contributed by atoms with Gasteiger partial charge in [-0.2, -0.15) is 0 Å². The quantitative estimate of drug-likeness (QED) is 0.788. The molecule has 4 rings (SSSR count). The van der Waals surface area contributed by atoms with Crippen LogP contribution in [0.1, 0.15) is 38.7 Å². The molecule has 2 fully saturated rings. The van der Waals surface area contributed by atoms with Crippen LogP contribution in [0.4, 0.5) is 14.9 Å². The van der Waals surface area contributed by atoms with Gasteiger partial charge in [-0.1, -0.05) is 26.3 Å². The molecule has 164 valence electrons. The summed E-state index contributed by atoms with van der Waals surface area (Å²) in [6.07, 6.45) is 2.53. The Kier molecular flexibility index (Phi) is 6.24. The minimum absolute atomic E-state index is 0.0182. The maximum atomic E-state index is 13.7. The van der Waals surface area contributed by atoms with Gasteiger partial charge in [-0.15, -0.1) is 0 Å². The number of carbonyl (C=O) groups excluding carboxylic acids is 2. The molecule has 1 aromatic rings. The van der Waals surface area contributed by atoms with E-state index in [0.717, 1.165) is 51.1 Å². The van der Waals surface area contributed by atoms with Crippen LogP contribution in [-0.4, -0.2) is 66.2 Å². The summed E-state index contributed by atoms with van der Waals surface area (Å²) in [7, 11) is 0. The van der Waals surface area contributed by atoms with E-state index in [-0.39, 0.29) is 30.4 Å². The number of benzene rings is 1. The maximum absolute atomic E-state index is 13.7. The normalized spacial score (nSPS) is 24.4. The molecule has 3 heterocycles. The van der Waals surface area contributed by atoms with Gasteiger partial charge in [0.25, 0.3) is 0 Å². The zero-order chi connectivity index (χ0) is 21.3. The molecule has 2 N–H and O–H groups in total. The number of halogens is 1. The largest absolute Gasteiger partial charge is 0.378 e. The number of anilines is 1. The van der Waals surface area contributed by atoms with E-state index in [1.807, 2.05) is 13.8 Å². The molecule has 0 aromatic heterocycles. The number of nitrogens with one attached hydrogen (secondary N) is 2. The second-order valence-corrected chi connectivity index (χ2v) is 8.70. The lowest BCUT2D eigenvalue weighted by molar-refractivity contribution is -0.122. The fourth-order valence-corrected chi connectivity index (χ4v) is 4.52. The first-order valence-electron chi connectivity index (χ1n) is 10.9. The van der Waals surface area contributed by atoms with Gasteiger partial charge in [-0.05, 0) is 36.5 Å². The predicted octanol–water partition coefficient (Wildman–Crippen LogP) is 2.57. The first-order chi connectivity index (χ1) is 14.5. The second kappa shape index (κ2) is 8.89. The zero-order valence-electron chi connectivity index (χ0n) is 17.7. The molecule has 8 heteroatoms. The highest BCUT2D eigenvalue weighted by molar-refractivity contribution is 5.98. The monoisotopic (exact) mass is 418 g/mol. The molecule has 0 spiro atoms. The van der Waals surface area contributed by atoms with Crippen molar-refractivity contribution in [3.8, 4) is 0 Å². The fourth-order valence-electron chi connectivity index (χ4n) is 4.52. The Bertz CT molecular complexity index is 793. The van der Waals surface area contributed by atoms with Crippen molar-refractivity contribution in [3.05, 3.63) is 29.6 Å². The molecule has 7 nitrogen and oxygen atoms in total. The maximum Gasteiger partial charge on any atom is 0.318 e. The summed E-state index contributed by atoms with van der Waals surface area (Å²) in [5.74, 6) is -0.685. The summed E-state index contributed by atoms with van der Waals surface area (Å²) in [4.78, 5) is 30.3. The highest BCUT2D eigenvalue weighted by atomic mass is 19.1. The first kappa shape index (κ1) is 21.1. The SMILES string of the molecule is CC[C@H](C)[C@H]1C(=O)Nc2cc(F)ccc2CN1C(=O)NC1CCN(C2COC2)CC1. The third-order valence-corrected chi connectivity index (χ3v) is 6.71. The van der Waals surface area contributed by atoms with Crippen LogP contribution in [0, 0.1) is 11.7 Å². The highest BCUT2D eigenvalue weighted by Gasteiger charge is 2.38. The molecule has 0 aliphatic carbocycles. The summed E-state index contributed by atoms with van der Waals surface area (Å²) in [5, 5.41) is 5.99. The van der Waals surface area contributed by atoms with Crippen molar-refractivity contribution in [1.82, 2.24) is 15.1 Å². The molecule has 2 atom stereocenters. The number of nitrogens with zero attached hydrogens (tertiary/aromatic N) is 2. The molecule has 3 aliphatic heterocycles. The van der Waals surface area contributed by atoms with Gasteiger partial charge >= 0.3 is 6.03 Å². The van der Waals surface area contributed by atoms with E-state index in [1.165, 1.54) is 12.1 Å². The van der Waals surface area contributed by atoms with Gasteiger partial charge in [0.2, 0.25) is 5.91 Å². The Labute approximate surface area is 176 Å². The van der Waals surface area contributed by atoms with E-state index in [1.54, 1.807) is 11.0 Å². The first-order valence-corrected chi connectivity index (χ1v) is 10.9. The molecule has 30 heavy (non-hydrogen) atoms. The van der Waals surface area contributed by atoms with Crippen molar-refractivity contribution >= 4 is 17.6 Å². The van der Waals surface area contributed by atoms with E-state index in [2.05, 4.69) is 15.5 Å². The number of likely N-dealkylation sites (tertiary alicyclic amines) is 1. The molecule has 0 saturated carbocycles. The Morgan fingerprint density at radius 1 is 1.33 bits per heavy atom. The minimum Gasteiger partial charge on any atom is -0.378 e. The van der Waals surface area contributed by atoms with Gasteiger partial charge in [0.05, 0.1) is 25.8 Å². The topological polar surface area (TPSA) is 73.9 Å². The van der Waals surface area contributed by atoms with Crippen LogP contribution in [0.3, 0.4) is 0 Å². The summed E-state index contributed by atoms with van der Waals surface area (Å²) in [6.45, 7) is 7.74. The van der Waals surface area contributed by atoms with Crippen LogP contribution in [0.15, 0.2) is 18.2 Å². The Morgan fingerprint density at radius 3 is 2.70 bits per heavy atom. The second-order valence-electron chi connectivity index (χ2n) is 8.70. The highest BCUT2D eigenvalue weighted by Crippen LogP contribution is 2.28. The zero-order valence-corrected chi connectivity index (χ0v) is 17.7. The molecule has 0 bridgehead atoms. The summed E-state index contributed by atoms with van der Waals surface area (Å²) >= 11 is 0. The molecule has 2 saturated heterocycles. The third kappa shape index (κ3) is 4.30. The fraction of sp³-hybridized carbons (Fsp3) is 0.636. The van der Waals surface area contributed by atoms with Crippen molar-refractivity contribution in [2.45, 2.75) is 57.8 Å². The Balaban J connectivity index is 1.47. The van der Waals surface area contributed by atoms with Gasteiger partial charge in [-0.3, -0.25) is 9.69 Å². The molecule has 1 aromatic carbocycles. The molecule has 3 aliphatic rings. The van der Waals surface area contributed by atoms with Crippen molar-refractivity contribution in [3.63, 3.8) is 0 Å².